The van der Waals surface area contributed by atoms with E-state index in [0.29, 0.717) is 6.54 Å². The quantitative estimate of drug-likeness (QED) is 0.283. The van der Waals surface area contributed by atoms with Gasteiger partial charge in [0, 0.05) is 33.2 Å². The minimum atomic E-state index is 0.527. The van der Waals surface area contributed by atoms with Crippen molar-refractivity contribution < 1.29 is 4.74 Å². The molecular weight excluding hydrogens is 366 g/mol. The zero-order valence-electron chi connectivity index (χ0n) is 18.1. The van der Waals surface area contributed by atoms with Crippen molar-refractivity contribution in [1.82, 2.24) is 30.3 Å². The van der Waals surface area contributed by atoms with Gasteiger partial charge in [-0.3, -0.25) is 4.90 Å². The molecule has 0 bridgehead atoms. The van der Waals surface area contributed by atoms with Crippen LogP contribution in [0.2, 0.25) is 0 Å². The van der Waals surface area contributed by atoms with Gasteiger partial charge in [0.15, 0.2) is 11.8 Å². The molecule has 0 radical (unpaired) electrons. The molecule has 1 aromatic rings. The number of nitrogens with zero attached hydrogens (tertiary/aromatic N) is 5. The van der Waals surface area contributed by atoms with Crippen LogP contribution < -0.4 is 10.6 Å². The van der Waals surface area contributed by atoms with Crippen molar-refractivity contribution in [2.75, 3.05) is 45.9 Å². The van der Waals surface area contributed by atoms with Gasteiger partial charge in [-0.05, 0) is 52.0 Å². The van der Waals surface area contributed by atoms with Gasteiger partial charge in [-0.2, -0.15) is 0 Å². The maximum atomic E-state index is 5.42. The Morgan fingerprint density at radius 1 is 1.17 bits per heavy atom. The molecule has 0 unspecified atom stereocenters. The highest BCUT2D eigenvalue weighted by atomic mass is 16.5. The Morgan fingerprint density at radius 3 is 2.72 bits per heavy atom. The van der Waals surface area contributed by atoms with E-state index in [4.69, 9.17) is 9.73 Å². The third-order valence-corrected chi connectivity index (χ3v) is 5.73. The van der Waals surface area contributed by atoms with Gasteiger partial charge < -0.3 is 19.9 Å². The maximum Gasteiger partial charge on any atom is 0.191 e. The van der Waals surface area contributed by atoms with Crippen LogP contribution in [0, 0.1) is 6.92 Å². The van der Waals surface area contributed by atoms with Gasteiger partial charge >= 0.3 is 0 Å². The average molecular weight is 404 g/mol. The fourth-order valence-corrected chi connectivity index (χ4v) is 3.72. The van der Waals surface area contributed by atoms with Gasteiger partial charge in [0.05, 0.1) is 13.2 Å². The van der Waals surface area contributed by atoms with Gasteiger partial charge in [-0.25, -0.2) is 4.99 Å². The molecule has 8 nitrogen and oxygen atoms in total. The second-order valence-electron chi connectivity index (χ2n) is 7.91. The van der Waals surface area contributed by atoms with E-state index in [2.05, 4.69) is 31.8 Å². The standard InChI is InChI=1S/C21H37N7O/c1-18-25-26-20(27(18)2)17-24-21(23-11-9-19-7-4-3-5-8-19)22-10-6-12-28-13-15-29-16-14-28/h7H,3-6,8-17H2,1-2H3,(H2,22,23,24). The first kappa shape index (κ1) is 21.8. The first-order valence-electron chi connectivity index (χ1n) is 11.1. The lowest BCUT2D eigenvalue weighted by Crippen LogP contribution is -2.41. The first-order chi connectivity index (χ1) is 14.2. The number of aryl methyl sites for hydroxylation is 1. The van der Waals surface area contributed by atoms with Gasteiger partial charge in [0.2, 0.25) is 0 Å². The Kier molecular flexibility index (Phi) is 8.95. The summed E-state index contributed by atoms with van der Waals surface area (Å²) in [6.07, 6.45) is 9.76. The normalized spacial score (nSPS) is 18.6. The van der Waals surface area contributed by atoms with Gasteiger partial charge in [0.1, 0.15) is 12.4 Å². The summed E-state index contributed by atoms with van der Waals surface area (Å²) >= 11 is 0. The highest BCUT2D eigenvalue weighted by molar-refractivity contribution is 5.79. The minimum Gasteiger partial charge on any atom is -0.379 e. The number of allylic oxidation sites excluding steroid dienone is 1. The number of aliphatic imine (C=N–C) groups is 1. The Bertz CT molecular complexity index is 677. The Hall–Kier alpha value is -1.93. The smallest absolute Gasteiger partial charge is 0.191 e. The van der Waals surface area contributed by atoms with Crippen LogP contribution >= 0.6 is 0 Å². The molecule has 8 heteroatoms. The number of rotatable bonds is 9. The predicted octanol–water partition coefficient (Wildman–Crippen LogP) is 1.77. The number of morpholine rings is 1. The maximum absolute atomic E-state index is 5.42. The third-order valence-electron chi connectivity index (χ3n) is 5.73. The number of aromatic nitrogens is 3. The molecule has 0 atom stereocenters. The van der Waals surface area contributed by atoms with E-state index in [1.165, 1.54) is 25.7 Å². The third kappa shape index (κ3) is 7.44. The molecule has 0 spiro atoms. The van der Waals surface area contributed by atoms with Crippen molar-refractivity contribution in [1.29, 1.82) is 0 Å². The second-order valence-corrected chi connectivity index (χ2v) is 7.91. The van der Waals surface area contributed by atoms with Crippen LogP contribution in [-0.2, 0) is 18.3 Å². The summed E-state index contributed by atoms with van der Waals surface area (Å²) in [5.74, 6) is 2.66. The number of hydrogen-bond acceptors (Lipinski definition) is 5. The zero-order chi connectivity index (χ0) is 20.3. The molecule has 3 rings (SSSR count). The van der Waals surface area contributed by atoms with Crippen molar-refractivity contribution in [2.24, 2.45) is 12.0 Å². The molecular formula is C21H37N7O. The van der Waals surface area contributed by atoms with Crippen molar-refractivity contribution in [3.05, 3.63) is 23.3 Å². The molecule has 0 aromatic carbocycles. The lowest BCUT2D eigenvalue weighted by molar-refractivity contribution is 0.0376. The summed E-state index contributed by atoms with van der Waals surface area (Å²) in [4.78, 5) is 7.22. The highest BCUT2D eigenvalue weighted by Crippen LogP contribution is 2.19. The van der Waals surface area contributed by atoms with E-state index in [1.807, 2.05) is 18.5 Å². The fraction of sp³-hybridized carbons (Fsp3) is 0.762. The Balaban J connectivity index is 1.46. The Labute approximate surface area is 174 Å². The molecule has 1 aliphatic carbocycles. The van der Waals surface area contributed by atoms with Crippen LogP contribution in [0.1, 0.15) is 50.2 Å². The van der Waals surface area contributed by atoms with Crippen LogP contribution in [0.25, 0.3) is 0 Å². The van der Waals surface area contributed by atoms with Crippen molar-refractivity contribution in [3.8, 4) is 0 Å². The van der Waals surface area contributed by atoms with Gasteiger partial charge in [-0.1, -0.05) is 11.6 Å². The molecule has 1 aromatic heterocycles. The lowest BCUT2D eigenvalue weighted by Gasteiger charge is -2.26. The molecule has 1 saturated heterocycles. The summed E-state index contributed by atoms with van der Waals surface area (Å²) in [5.41, 5.74) is 1.58. The number of guanidine groups is 1. The summed E-state index contributed by atoms with van der Waals surface area (Å²) in [5, 5.41) is 15.4. The SMILES string of the molecule is Cc1nnc(CN=C(NCCCN2CCOCC2)NCCC2=CCCCC2)n1C. The van der Waals surface area contributed by atoms with E-state index in [-0.39, 0.29) is 0 Å². The second kappa shape index (κ2) is 11.9. The van der Waals surface area contributed by atoms with E-state index in [1.54, 1.807) is 5.57 Å². The molecule has 2 heterocycles. The van der Waals surface area contributed by atoms with Crippen molar-refractivity contribution in [3.63, 3.8) is 0 Å². The number of nitrogens with one attached hydrogen (secondary N) is 2. The van der Waals surface area contributed by atoms with E-state index in [9.17, 15) is 0 Å². The van der Waals surface area contributed by atoms with E-state index in [0.717, 1.165) is 76.4 Å². The fourth-order valence-electron chi connectivity index (χ4n) is 3.72. The molecule has 0 saturated carbocycles. The molecule has 2 aliphatic rings. The number of ether oxygens (including phenoxy) is 1. The lowest BCUT2D eigenvalue weighted by atomic mass is 9.97. The monoisotopic (exact) mass is 403 g/mol. The first-order valence-corrected chi connectivity index (χ1v) is 11.1. The summed E-state index contributed by atoms with van der Waals surface area (Å²) in [6, 6.07) is 0. The zero-order valence-corrected chi connectivity index (χ0v) is 18.1. The molecule has 29 heavy (non-hydrogen) atoms. The van der Waals surface area contributed by atoms with Crippen LogP contribution in [0.3, 0.4) is 0 Å². The molecule has 0 amide bonds. The largest absolute Gasteiger partial charge is 0.379 e. The number of hydrogen-bond donors (Lipinski definition) is 2. The topological polar surface area (TPSA) is 79.6 Å². The van der Waals surface area contributed by atoms with Crippen LogP contribution in [0.4, 0.5) is 0 Å². The van der Waals surface area contributed by atoms with Crippen molar-refractivity contribution in [2.45, 2.75) is 52.0 Å². The molecule has 1 fully saturated rings. The minimum absolute atomic E-state index is 0.527. The van der Waals surface area contributed by atoms with Gasteiger partial charge in [0.25, 0.3) is 0 Å². The van der Waals surface area contributed by atoms with Crippen molar-refractivity contribution >= 4 is 5.96 Å². The Morgan fingerprint density at radius 2 is 2.00 bits per heavy atom. The van der Waals surface area contributed by atoms with E-state index >= 15 is 0 Å². The summed E-state index contributed by atoms with van der Waals surface area (Å²) < 4.78 is 7.41. The van der Waals surface area contributed by atoms with E-state index < -0.39 is 0 Å². The van der Waals surface area contributed by atoms with Crippen LogP contribution in [0.5, 0.6) is 0 Å². The molecule has 2 N–H and O–H groups in total. The van der Waals surface area contributed by atoms with Crippen LogP contribution in [0.15, 0.2) is 16.6 Å². The summed E-state index contributed by atoms with van der Waals surface area (Å²) in [7, 11) is 1.98. The van der Waals surface area contributed by atoms with Gasteiger partial charge in [-0.15, -0.1) is 10.2 Å². The molecule has 162 valence electrons. The predicted molar refractivity (Wildman–Crippen MR) is 116 cm³/mol. The van der Waals surface area contributed by atoms with Crippen LogP contribution in [-0.4, -0.2) is 71.6 Å². The average Bonchev–Trinajstić information content (AvgIpc) is 3.08. The molecule has 1 aliphatic heterocycles. The highest BCUT2D eigenvalue weighted by Gasteiger charge is 2.10. The summed E-state index contributed by atoms with van der Waals surface area (Å²) in [6.45, 7) is 9.20.